The molecule has 0 saturated carbocycles. The van der Waals surface area contributed by atoms with Crippen LogP contribution in [-0.4, -0.2) is 96.7 Å². The summed E-state index contributed by atoms with van der Waals surface area (Å²) in [7, 11) is -9.93. The molecule has 104 heavy (non-hydrogen) atoms. The molecule has 19 heteroatoms. The molecule has 0 fully saturated rings. The van der Waals surface area contributed by atoms with Crippen LogP contribution < -0.4 is 0 Å². The van der Waals surface area contributed by atoms with Crippen molar-refractivity contribution in [3.63, 3.8) is 0 Å². The topological polar surface area (TPSA) is 237 Å². The minimum Gasteiger partial charge on any atom is -0.462 e. The van der Waals surface area contributed by atoms with Crippen LogP contribution in [-0.2, 0) is 65.4 Å². The van der Waals surface area contributed by atoms with Crippen LogP contribution in [0.4, 0.5) is 0 Å². The summed E-state index contributed by atoms with van der Waals surface area (Å²) >= 11 is 0. The van der Waals surface area contributed by atoms with Gasteiger partial charge in [0.15, 0.2) is 12.2 Å². The van der Waals surface area contributed by atoms with Gasteiger partial charge >= 0.3 is 39.5 Å². The van der Waals surface area contributed by atoms with Gasteiger partial charge in [-0.15, -0.1) is 0 Å². The zero-order valence-electron chi connectivity index (χ0n) is 68.7. The summed E-state index contributed by atoms with van der Waals surface area (Å²) in [6.07, 6.45) is 62.4. The van der Waals surface area contributed by atoms with Gasteiger partial charge in [-0.25, -0.2) is 9.13 Å². The Labute approximate surface area is 638 Å². The molecule has 0 aliphatic heterocycles. The van der Waals surface area contributed by atoms with Gasteiger partial charge < -0.3 is 33.8 Å². The molecule has 0 amide bonds. The van der Waals surface area contributed by atoms with E-state index in [0.29, 0.717) is 25.7 Å². The Morgan fingerprint density at radius 1 is 0.269 bits per heavy atom. The molecule has 0 aliphatic rings. The van der Waals surface area contributed by atoms with E-state index in [-0.39, 0.29) is 25.7 Å². The van der Waals surface area contributed by atoms with Crippen molar-refractivity contribution >= 4 is 39.5 Å². The van der Waals surface area contributed by atoms with Gasteiger partial charge in [-0.3, -0.25) is 37.3 Å². The SMILES string of the molecule is CCC(C)CCCCCCCCCCCCCCCCC(=O)O[C@H](COC(=O)CCCCCCCCCCCCCCCCCC(C)C)COP(=O)(O)OC[C@@H](O)COP(=O)(O)OC[C@@H](COC(=O)CCCCCCCCC(C)CC)OC(=O)CCCCCCCCCCCCCCCCCC(C)C. The normalized spacial score (nSPS) is 14.5. The Bertz CT molecular complexity index is 2030. The Morgan fingerprint density at radius 3 is 0.683 bits per heavy atom. The van der Waals surface area contributed by atoms with E-state index in [1.165, 1.54) is 238 Å². The highest BCUT2D eigenvalue weighted by Gasteiger charge is 2.30. The number of phosphoric ester groups is 2. The smallest absolute Gasteiger partial charge is 0.462 e. The van der Waals surface area contributed by atoms with Gasteiger partial charge in [-0.2, -0.15) is 0 Å². The summed E-state index contributed by atoms with van der Waals surface area (Å²) in [5.74, 6) is 1.08. The number of carbonyl (C=O) groups excluding carboxylic acids is 4. The fourth-order valence-electron chi connectivity index (χ4n) is 13.1. The average Bonchev–Trinajstić information content (AvgIpc) is 0.968. The van der Waals surface area contributed by atoms with Crippen molar-refractivity contribution in [2.45, 2.75) is 459 Å². The van der Waals surface area contributed by atoms with Gasteiger partial charge in [-0.05, 0) is 49.4 Å². The summed E-state index contributed by atoms with van der Waals surface area (Å²) in [4.78, 5) is 73.2. The number of esters is 4. The highest BCUT2D eigenvalue weighted by Crippen LogP contribution is 2.45. The number of aliphatic hydroxyl groups is 1. The lowest BCUT2D eigenvalue weighted by molar-refractivity contribution is -0.161. The number of hydrogen-bond donors (Lipinski definition) is 3. The third-order valence-electron chi connectivity index (χ3n) is 20.5. The minimum atomic E-state index is -4.97. The third-order valence-corrected chi connectivity index (χ3v) is 22.4. The lowest BCUT2D eigenvalue weighted by Crippen LogP contribution is -2.30. The lowest BCUT2D eigenvalue weighted by atomic mass is 9.99. The van der Waals surface area contributed by atoms with E-state index >= 15 is 0 Å². The van der Waals surface area contributed by atoms with Crippen LogP contribution in [0.25, 0.3) is 0 Å². The first kappa shape index (κ1) is 102. The molecule has 0 rings (SSSR count). The standard InChI is InChI=1S/C85H166O17P2/c1-9-77(7)63-55-47-39-33-27-21-17-18-24-30-36-42-52-60-67-84(89)101-80(71-95-82(87)65-57-49-40-34-28-22-15-11-13-19-25-31-37-45-53-61-75(3)4)73-99-103(91,92)97-69-79(86)70-98-104(93,94)100-74-81(72-96-83(88)66-58-50-44-43-48-56-64-78(8)10-2)102-85(90)68-59-51-41-35-29-23-16-12-14-20-26-32-38-46-54-62-76(5)6/h75-81,86H,9-74H2,1-8H3,(H,91,92)(H,93,94)/t77?,78?,79-,80-,81-/m1/s1. The van der Waals surface area contributed by atoms with Crippen molar-refractivity contribution in [2.75, 3.05) is 39.6 Å². The van der Waals surface area contributed by atoms with Crippen LogP contribution in [0.3, 0.4) is 0 Å². The zero-order valence-corrected chi connectivity index (χ0v) is 70.5. The van der Waals surface area contributed by atoms with Crippen LogP contribution in [0.1, 0.15) is 441 Å². The van der Waals surface area contributed by atoms with Crippen LogP contribution in [0.5, 0.6) is 0 Å². The predicted molar refractivity (Wildman–Crippen MR) is 428 cm³/mol. The Hall–Kier alpha value is -1.94. The number of phosphoric acid groups is 2. The molecule has 7 atom stereocenters. The minimum absolute atomic E-state index is 0.107. The summed E-state index contributed by atoms with van der Waals surface area (Å²) < 4.78 is 68.9. The molecule has 0 heterocycles. The van der Waals surface area contributed by atoms with Crippen LogP contribution in [0.2, 0.25) is 0 Å². The van der Waals surface area contributed by atoms with Gasteiger partial charge in [0.25, 0.3) is 0 Å². The summed E-state index contributed by atoms with van der Waals surface area (Å²) in [5.41, 5.74) is 0. The molecule has 3 N–H and O–H groups in total. The van der Waals surface area contributed by atoms with Crippen LogP contribution >= 0.6 is 15.6 Å². The average molecular weight is 1520 g/mol. The number of carbonyl (C=O) groups is 4. The summed E-state index contributed by atoms with van der Waals surface area (Å²) in [6.45, 7) is 14.3. The maximum Gasteiger partial charge on any atom is 0.472 e. The van der Waals surface area contributed by atoms with E-state index in [1.807, 2.05) is 0 Å². The van der Waals surface area contributed by atoms with E-state index in [1.54, 1.807) is 0 Å². The molecule has 0 radical (unpaired) electrons. The molecule has 0 aromatic carbocycles. The molecule has 0 aliphatic carbocycles. The second kappa shape index (κ2) is 73.8. The fraction of sp³-hybridized carbons (Fsp3) is 0.953. The van der Waals surface area contributed by atoms with Crippen LogP contribution in [0, 0.1) is 23.7 Å². The maximum absolute atomic E-state index is 13.1. The van der Waals surface area contributed by atoms with Gasteiger partial charge in [0.05, 0.1) is 26.4 Å². The lowest BCUT2D eigenvalue weighted by Gasteiger charge is -2.21. The number of hydrogen-bond acceptors (Lipinski definition) is 15. The first-order chi connectivity index (χ1) is 50.2. The maximum atomic E-state index is 13.1. The van der Waals surface area contributed by atoms with Gasteiger partial charge in [0, 0.05) is 25.7 Å². The number of unbranched alkanes of at least 4 members (excludes halogenated alkanes) is 46. The van der Waals surface area contributed by atoms with Crippen molar-refractivity contribution in [3.8, 4) is 0 Å². The number of rotatable bonds is 82. The molecular weight excluding hydrogens is 1350 g/mol. The highest BCUT2D eigenvalue weighted by molar-refractivity contribution is 7.47. The molecule has 17 nitrogen and oxygen atoms in total. The molecule has 0 aromatic heterocycles. The number of ether oxygens (including phenoxy) is 4. The third kappa shape index (κ3) is 75.5. The van der Waals surface area contributed by atoms with Crippen molar-refractivity contribution in [1.82, 2.24) is 0 Å². The van der Waals surface area contributed by atoms with E-state index in [0.717, 1.165) is 120 Å². The quantitative estimate of drug-likeness (QED) is 0.0222. The first-order valence-corrected chi connectivity index (χ1v) is 46.8. The highest BCUT2D eigenvalue weighted by atomic mass is 31.2. The molecule has 0 bridgehead atoms. The molecule has 0 spiro atoms. The second-order valence-corrected chi connectivity index (χ2v) is 34.9. The fourth-order valence-corrected chi connectivity index (χ4v) is 14.7. The Balaban J connectivity index is 5.25. The number of aliphatic hydroxyl groups excluding tert-OH is 1. The first-order valence-electron chi connectivity index (χ1n) is 43.8. The van der Waals surface area contributed by atoms with E-state index < -0.39 is 97.5 Å². The molecule has 0 saturated heterocycles. The summed E-state index contributed by atoms with van der Waals surface area (Å²) in [6, 6.07) is 0. The summed E-state index contributed by atoms with van der Waals surface area (Å²) in [5, 5.41) is 10.7. The van der Waals surface area contributed by atoms with E-state index in [9.17, 15) is 43.2 Å². The molecular formula is C85H166O17P2. The van der Waals surface area contributed by atoms with Crippen molar-refractivity contribution in [1.29, 1.82) is 0 Å². The Kier molecular flexibility index (Phi) is 72.5. The molecule has 0 aromatic rings. The van der Waals surface area contributed by atoms with Crippen molar-refractivity contribution < 1.29 is 80.2 Å². The molecule has 618 valence electrons. The van der Waals surface area contributed by atoms with Crippen LogP contribution in [0.15, 0.2) is 0 Å². The predicted octanol–water partition coefficient (Wildman–Crippen LogP) is 25.6. The van der Waals surface area contributed by atoms with Crippen molar-refractivity contribution in [3.05, 3.63) is 0 Å². The van der Waals surface area contributed by atoms with Crippen molar-refractivity contribution in [2.24, 2.45) is 23.7 Å². The van der Waals surface area contributed by atoms with E-state index in [2.05, 4.69) is 55.4 Å². The second-order valence-electron chi connectivity index (χ2n) is 32.0. The molecule has 4 unspecified atom stereocenters. The van der Waals surface area contributed by atoms with Gasteiger partial charge in [0.2, 0.25) is 0 Å². The monoisotopic (exact) mass is 1520 g/mol. The Morgan fingerprint density at radius 2 is 0.462 bits per heavy atom. The largest absolute Gasteiger partial charge is 0.472 e. The van der Waals surface area contributed by atoms with E-state index in [4.69, 9.17) is 37.0 Å². The van der Waals surface area contributed by atoms with Gasteiger partial charge in [0.1, 0.15) is 19.3 Å². The van der Waals surface area contributed by atoms with Gasteiger partial charge in [-0.1, -0.05) is 389 Å². The zero-order chi connectivity index (χ0) is 76.7.